The van der Waals surface area contributed by atoms with E-state index in [2.05, 4.69) is 0 Å². The van der Waals surface area contributed by atoms with Crippen molar-refractivity contribution in [3.8, 4) is 5.69 Å². The number of anilines is 1. The van der Waals surface area contributed by atoms with E-state index in [0.717, 1.165) is 0 Å². The topological polar surface area (TPSA) is 81.4 Å². The fourth-order valence-corrected chi connectivity index (χ4v) is 6.08. The number of aromatic nitrogens is 2. The first-order valence-electron chi connectivity index (χ1n) is 8.16. The number of rotatable bonds is 2. The molecule has 1 aromatic heterocycles. The smallest absolute Gasteiger partial charge is 0.295 e. The van der Waals surface area contributed by atoms with Gasteiger partial charge in [-0.15, -0.1) is 0 Å². The van der Waals surface area contributed by atoms with Crippen molar-refractivity contribution in [3.05, 3.63) is 46.4 Å². The van der Waals surface area contributed by atoms with Crippen molar-refractivity contribution < 1.29 is 13.2 Å². The van der Waals surface area contributed by atoms with Crippen LogP contribution in [0.4, 0.5) is 5.69 Å². The zero-order valence-corrected chi connectivity index (χ0v) is 14.9. The van der Waals surface area contributed by atoms with Gasteiger partial charge in [-0.3, -0.25) is 14.3 Å². The van der Waals surface area contributed by atoms with Gasteiger partial charge in [0.2, 0.25) is 5.91 Å². The minimum absolute atomic E-state index is 0.0265. The highest BCUT2D eigenvalue weighted by molar-refractivity contribution is 7.91. The summed E-state index contributed by atoms with van der Waals surface area (Å²) >= 11 is 0. The molecule has 2 aromatic rings. The van der Waals surface area contributed by atoms with Gasteiger partial charge >= 0.3 is 0 Å². The van der Waals surface area contributed by atoms with Crippen LogP contribution in [0.1, 0.15) is 12.1 Å². The second-order valence-electron chi connectivity index (χ2n) is 6.78. The van der Waals surface area contributed by atoms with Crippen LogP contribution in [0.2, 0.25) is 0 Å². The Bertz CT molecular complexity index is 1020. The maximum absolute atomic E-state index is 13.1. The average molecular weight is 361 g/mol. The SMILES string of the molecule is Cc1c(N2C(=O)C[C@H]3CS(=O)(=O)C[C@@H]32)c(=O)n(-c2ccccc2)n1C. The molecule has 1 amide bonds. The van der Waals surface area contributed by atoms with Crippen molar-refractivity contribution in [3.63, 3.8) is 0 Å². The number of sulfone groups is 1. The monoisotopic (exact) mass is 361 g/mol. The molecule has 0 spiro atoms. The normalized spacial score (nSPS) is 24.7. The summed E-state index contributed by atoms with van der Waals surface area (Å²) in [5.41, 5.74) is 1.34. The lowest BCUT2D eigenvalue weighted by atomic mass is 10.1. The van der Waals surface area contributed by atoms with E-state index in [-0.39, 0.29) is 35.3 Å². The van der Waals surface area contributed by atoms with Gasteiger partial charge in [0.05, 0.1) is 28.9 Å². The van der Waals surface area contributed by atoms with Gasteiger partial charge in [-0.05, 0) is 19.1 Å². The third kappa shape index (κ3) is 2.35. The molecular formula is C17H19N3O4S. The molecule has 0 saturated carbocycles. The van der Waals surface area contributed by atoms with E-state index in [1.54, 1.807) is 18.7 Å². The number of para-hydroxylation sites is 1. The predicted molar refractivity (Wildman–Crippen MR) is 93.8 cm³/mol. The van der Waals surface area contributed by atoms with Crippen LogP contribution in [0, 0.1) is 12.8 Å². The quantitative estimate of drug-likeness (QED) is 0.786. The molecule has 0 radical (unpaired) electrons. The van der Waals surface area contributed by atoms with Gasteiger partial charge in [-0.2, -0.15) is 0 Å². The van der Waals surface area contributed by atoms with Gasteiger partial charge in [0.25, 0.3) is 5.56 Å². The van der Waals surface area contributed by atoms with E-state index in [4.69, 9.17) is 0 Å². The highest BCUT2D eigenvalue weighted by atomic mass is 32.2. The molecule has 8 heteroatoms. The van der Waals surface area contributed by atoms with Crippen LogP contribution in [0.3, 0.4) is 0 Å². The average Bonchev–Trinajstić information content (AvgIpc) is 3.07. The summed E-state index contributed by atoms with van der Waals surface area (Å²) in [4.78, 5) is 27.1. The predicted octanol–water partition coefficient (Wildman–Crippen LogP) is 0.634. The number of hydrogen-bond donors (Lipinski definition) is 0. The second kappa shape index (κ2) is 5.32. The Kier molecular flexibility index (Phi) is 3.44. The van der Waals surface area contributed by atoms with E-state index in [1.807, 2.05) is 30.3 Å². The molecule has 0 unspecified atom stereocenters. The number of fused-ring (bicyclic) bond motifs is 1. The number of carbonyl (C=O) groups is 1. The lowest BCUT2D eigenvalue weighted by molar-refractivity contribution is -0.117. The van der Waals surface area contributed by atoms with Gasteiger partial charge in [-0.1, -0.05) is 18.2 Å². The molecule has 1 aromatic carbocycles. The van der Waals surface area contributed by atoms with Crippen LogP contribution in [0.5, 0.6) is 0 Å². The zero-order valence-electron chi connectivity index (χ0n) is 14.0. The van der Waals surface area contributed by atoms with Crippen molar-refractivity contribution in [1.82, 2.24) is 9.36 Å². The molecule has 25 heavy (non-hydrogen) atoms. The van der Waals surface area contributed by atoms with Crippen molar-refractivity contribution in [1.29, 1.82) is 0 Å². The van der Waals surface area contributed by atoms with E-state index in [9.17, 15) is 18.0 Å². The lowest BCUT2D eigenvalue weighted by Gasteiger charge is -2.21. The maximum atomic E-state index is 13.1. The Morgan fingerprint density at radius 3 is 2.44 bits per heavy atom. The number of nitrogens with zero attached hydrogens (tertiary/aromatic N) is 3. The third-order valence-electron chi connectivity index (χ3n) is 5.24. The summed E-state index contributed by atoms with van der Waals surface area (Å²) in [5.74, 6) is -0.432. The minimum atomic E-state index is -3.16. The molecule has 2 atom stereocenters. The minimum Gasteiger partial charge on any atom is -0.302 e. The van der Waals surface area contributed by atoms with E-state index < -0.39 is 15.9 Å². The van der Waals surface area contributed by atoms with Gasteiger partial charge in [0.1, 0.15) is 5.69 Å². The van der Waals surface area contributed by atoms with E-state index in [0.29, 0.717) is 17.1 Å². The summed E-state index contributed by atoms with van der Waals surface area (Å²) in [7, 11) is -1.40. The number of amides is 1. The maximum Gasteiger partial charge on any atom is 0.295 e. The first kappa shape index (κ1) is 16.1. The van der Waals surface area contributed by atoms with E-state index in [1.165, 1.54) is 9.58 Å². The van der Waals surface area contributed by atoms with Crippen molar-refractivity contribution in [2.75, 3.05) is 16.4 Å². The molecule has 3 heterocycles. The molecule has 7 nitrogen and oxygen atoms in total. The number of carbonyl (C=O) groups excluding carboxylic acids is 1. The molecule has 2 fully saturated rings. The molecule has 0 aliphatic carbocycles. The fraction of sp³-hybridized carbons (Fsp3) is 0.412. The Balaban J connectivity index is 1.87. The van der Waals surface area contributed by atoms with Crippen LogP contribution in [0.25, 0.3) is 5.69 Å². The lowest BCUT2D eigenvalue weighted by Crippen LogP contribution is -2.39. The van der Waals surface area contributed by atoms with Gasteiger partial charge < -0.3 is 4.90 Å². The summed E-state index contributed by atoms with van der Waals surface area (Å²) in [6.45, 7) is 1.78. The molecule has 2 aliphatic rings. The zero-order chi connectivity index (χ0) is 17.9. The number of benzene rings is 1. The molecule has 2 saturated heterocycles. The first-order valence-corrected chi connectivity index (χ1v) is 9.99. The Labute approximate surface area is 145 Å². The van der Waals surface area contributed by atoms with Crippen LogP contribution < -0.4 is 10.5 Å². The summed E-state index contributed by atoms with van der Waals surface area (Å²) in [6, 6.07) is 8.74. The Hall–Kier alpha value is -2.35. The van der Waals surface area contributed by atoms with Crippen LogP contribution in [0.15, 0.2) is 35.1 Å². The molecular weight excluding hydrogens is 342 g/mol. The Morgan fingerprint density at radius 1 is 1.08 bits per heavy atom. The highest BCUT2D eigenvalue weighted by Crippen LogP contribution is 2.37. The molecule has 2 aliphatic heterocycles. The van der Waals surface area contributed by atoms with Gasteiger partial charge in [-0.25, -0.2) is 13.1 Å². The molecule has 4 rings (SSSR count). The fourth-order valence-electron chi connectivity index (χ4n) is 4.01. The summed E-state index contributed by atoms with van der Waals surface area (Å²) in [5, 5.41) is 0. The van der Waals surface area contributed by atoms with Crippen molar-refractivity contribution in [2.45, 2.75) is 19.4 Å². The summed E-state index contributed by atoms with van der Waals surface area (Å²) in [6.07, 6.45) is 0.184. The first-order chi connectivity index (χ1) is 11.8. The standard InChI is InChI=1S/C17H19N3O4S/c1-11-16(17(22)20(18(11)2)13-6-4-3-5-7-13)19-14-10-25(23,24)9-12(14)8-15(19)21/h3-7,12,14H,8-10H2,1-2H3/t12-,14-/m0/s1. The van der Waals surface area contributed by atoms with Crippen molar-refractivity contribution in [2.24, 2.45) is 13.0 Å². The highest BCUT2D eigenvalue weighted by Gasteiger charge is 2.50. The van der Waals surface area contributed by atoms with Crippen molar-refractivity contribution >= 4 is 21.4 Å². The molecule has 0 N–H and O–H groups in total. The summed E-state index contributed by atoms with van der Waals surface area (Å²) < 4.78 is 27.1. The van der Waals surface area contributed by atoms with Gasteiger partial charge in [0, 0.05) is 19.4 Å². The Morgan fingerprint density at radius 2 is 1.76 bits per heavy atom. The number of hydrogen-bond acceptors (Lipinski definition) is 4. The van der Waals surface area contributed by atoms with Gasteiger partial charge in [0.15, 0.2) is 9.84 Å². The van der Waals surface area contributed by atoms with E-state index >= 15 is 0 Å². The van der Waals surface area contributed by atoms with Crippen LogP contribution in [-0.2, 0) is 21.7 Å². The van der Waals surface area contributed by atoms with Crippen LogP contribution >= 0.6 is 0 Å². The third-order valence-corrected chi connectivity index (χ3v) is 7.02. The largest absolute Gasteiger partial charge is 0.302 e. The molecule has 132 valence electrons. The molecule has 0 bridgehead atoms. The van der Waals surface area contributed by atoms with Crippen LogP contribution in [-0.4, -0.2) is 41.2 Å². The second-order valence-corrected chi connectivity index (χ2v) is 8.94.